The molecule has 0 amide bonds. The number of halogens is 1. The highest BCUT2D eigenvalue weighted by molar-refractivity contribution is 5.65. The zero-order chi connectivity index (χ0) is 18.6. The van der Waals surface area contributed by atoms with E-state index in [1.165, 1.54) is 11.6 Å². The molecule has 0 saturated carbocycles. The number of ether oxygens (including phenoxy) is 1. The SMILES string of the molecule is COc1cccc(CN2CCC[C@@H](c3[nH]ncc3-c3cccc(F)c3)C2)c1. The minimum Gasteiger partial charge on any atom is -0.497 e. The van der Waals surface area contributed by atoms with Crippen molar-refractivity contribution in [1.29, 1.82) is 0 Å². The van der Waals surface area contributed by atoms with E-state index < -0.39 is 0 Å². The van der Waals surface area contributed by atoms with Crippen LogP contribution in [-0.2, 0) is 6.54 Å². The summed E-state index contributed by atoms with van der Waals surface area (Å²) >= 11 is 0. The van der Waals surface area contributed by atoms with Crippen LogP contribution in [0.25, 0.3) is 11.1 Å². The van der Waals surface area contributed by atoms with Crippen LogP contribution >= 0.6 is 0 Å². The lowest BCUT2D eigenvalue weighted by molar-refractivity contribution is 0.198. The van der Waals surface area contributed by atoms with Crippen LogP contribution in [0, 0.1) is 5.82 Å². The van der Waals surface area contributed by atoms with Gasteiger partial charge in [-0.1, -0.05) is 24.3 Å². The van der Waals surface area contributed by atoms with E-state index in [1.807, 2.05) is 24.4 Å². The molecule has 1 aromatic heterocycles. The second-order valence-corrected chi connectivity index (χ2v) is 7.13. The van der Waals surface area contributed by atoms with Gasteiger partial charge in [-0.2, -0.15) is 5.10 Å². The number of hydrogen-bond donors (Lipinski definition) is 1. The summed E-state index contributed by atoms with van der Waals surface area (Å²) < 4.78 is 19.0. The number of aromatic amines is 1. The van der Waals surface area contributed by atoms with E-state index in [4.69, 9.17) is 4.74 Å². The molecule has 1 atom stereocenters. The normalized spacial score (nSPS) is 17.8. The molecule has 0 unspecified atom stereocenters. The van der Waals surface area contributed by atoms with E-state index in [0.717, 1.165) is 55.0 Å². The summed E-state index contributed by atoms with van der Waals surface area (Å²) in [5, 5.41) is 7.43. The first-order valence-corrected chi connectivity index (χ1v) is 9.37. The first-order valence-electron chi connectivity index (χ1n) is 9.37. The first-order chi connectivity index (χ1) is 13.2. The lowest BCUT2D eigenvalue weighted by atomic mass is 9.90. The van der Waals surface area contributed by atoms with E-state index in [-0.39, 0.29) is 5.82 Å². The van der Waals surface area contributed by atoms with Gasteiger partial charge in [0.25, 0.3) is 0 Å². The topological polar surface area (TPSA) is 41.1 Å². The van der Waals surface area contributed by atoms with Crippen molar-refractivity contribution in [3.05, 3.63) is 71.8 Å². The Hall–Kier alpha value is -2.66. The van der Waals surface area contributed by atoms with Crippen LogP contribution in [0.4, 0.5) is 4.39 Å². The molecule has 0 aliphatic carbocycles. The number of nitrogens with one attached hydrogen (secondary N) is 1. The zero-order valence-electron chi connectivity index (χ0n) is 15.5. The third-order valence-electron chi connectivity index (χ3n) is 5.26. The molecule has 5 heteroatoms. The summed E-state index contributed by atoms with van der Waals surface area (Å²) in [6.07, 6.45) is 4.06. The Bertz CT molecular complexity index is 908. The Balaban J connectivity index is 1.51. The highest BCUT2D eigenvalue weighted by atomic mass is 19.1. The van der Waals surface area contributed by atoms with E-state index in [2.05, 4.69) is 27.2 Å². The second kappa shape index (κ2) is 7.92. The molecule has 3 aromatic rings. The standard InChI is InChI=1S/C22H24FN3O/c1-27-20-9-2-5-16(11-20)14-26-10-4-7-18(15-26)22-21(13-24-25-22)17-6-3-8-19(23)12-17/h2-3,5-6,8-9,11-13,18H,4,7,10,14-15H2,1H3,(H,24,25)/t18-/m1/s1. The van der Waals surface area contributed by atoms with Crippen molar-refractivity contribution in [2.75, 3.05) is 20.2 Å². The highest BCUT2D eigenvalue weighted by Crippen LogP contribution is 2.33. The van der Waals surface area contributed by atoms with Crippen molar-refractivity contribution in [3.63, 3.8) is 0 Å². The van der Waals surface area contributed by atoms with Gasteiger partial charge in [-0.3, -0.25) is 10.00 Å². The number of piperidine rings is 1. The second-order valence-electron chi connectivity index (χ2n) is 7.13. The maximum atomic E-state index is 13.7. The molecule has 2 aromatic carbocycles. The van der Waals surface area contributed by atoms with Crippen LogP contribution in [0.15, 0.2) is 54.7 Å². The predicted octanol–water partition coefficient (Wildman–Crippen LogP) is 4.60. The summed E-state index contributed by atoms with van der Waals surface area (Å²) in [6.45, 7) is 2.94. The van der Waals surface area contributed by atoms with E-state index in [9.17, 15) is 4.39 Å². The average Bonchev–Trinajstić information content (AvgIpc) is 3.18. The first kappa shape index (κ1) is 17.7. The minimum absolute atomic E-state index is 0.219. The molecule has 1 N–H and O–H groups in total. The number of hydrogen-bond acceptors (Lipinski definition) is 3. The zero-order valence-corrected chi connectivity index (χ0v) is 15.5. The quantitative estimate of drug-likeness (QED) is 0.718. The van der Waals surface area contributed by atoms with E-state index in [1.54, 1.807) is 19.2 Å². The van der Waals surface area contributed by atoms with Gasteiger partial charge in [0.15, 0.2) is 0 Å². The Morgan fingerprint density at radius 2 is 2.11 bits per heavy atom. The van der Waals surface area contributed by atoms with Crippen LogP contribution in [0.5, 0.6) is 5.75 Å². The molecule has 27 heavy (non-hydrogen) atoms. The molecule has 1 fully saturated rings. The van der Waals surface area contributed by atoms with Crippen molar-refractivity contribution in [1.82, 2.24) is 15.1 Å². The molecule has 2 heterocycles. The monoisotopic (exact) mass is 365 g/mol. The van der Waals surface area contributed by atoms with Crippen molar-refractivity contribution in [2.24, 2.45) is 0 Å². The molecule has 0 spiro atoms. The van der Waals surface area contributed by atoms with E-state index in [0.29, 0.717) is 5.92 Å². The molecular weight excluding hydrogens is 341 g/mol. The van der Waals surface area contributed by atoms with Crippen LogP contribution in [-0.4, -0.2) is 35.3 Å². The predicted molar refractivity (Wildman–Crippen MR) is 104 cm³/mol. The number of nitrogens with zero attached hydrogens (tertiary/aromatic N) is 2. The third-order valence-corrected chi connectivity index (χ3v) is 5.26. The fraction of sp³-hybridized carbons (Fsp3) is 0.318. The van der Waals surface area contributed by atoms with Gasteiger partial charge in [-0.05, 0) is 54.8 Å². The molecule has 1 aliphatic rings. The molecule has 4 nitrogen and oxygen atoms in total. The highest BCUT2D eigenvalue weighted by Gasteiger charge is 2.25. The van der Waals surface area contributed by atoms with Crippen LogP contribution < -0.4 is 4.74 Å². The molecule has 4 rings (SSSR count). The Labute approximate surface area is 159 Å². The molecule has 1 aliphatic heterocycles. The van der Waals surface area contributed by atoms with Gasteiger partial charge < -0.3 is 4.74 Å². The van der Waals surface area contributed by atoms with Crippen LogP contribution in [0.2, 0.25) is 0 Å². The number of rotatable bonds is 5. The van der Waals surface area contributed by atoms with Crippen LogP contribution in [0.3, 0.4) is 0 Å². The largest absolute Gasteiger partial charge is 0.497 e. The van der Waals surface area contributed by atoms with Crippen molar-refractivity contribution >= 4 is 0 Å². The van der Waals surface area contributed by atoms with Crippen molar-refractivity contribution in [3.8, 4) is 16.9 Å². The summed E-state index contributed by atoms with van der Waals surface area (Å²) in [6, 6.07) is 15.0. The number of aromatic nitrogens is 2. The Morgan fingerprint density at radius 1 is 1.22 bits per heavy atom. The van der Waals surface area contributed by atoms with E-state index >= 15 is 0 Å². The fourth-order valence-electron chi connectivity index (χ4n) is 3.96. The molecule has 1 saturated heterocycles. The average molecular weight is 365 g/mol. The van der Waals surface area contributed by atoms with Gasteiger partial charge in [0.05, 0.1) is 13.3 Å². The molecule has 0 radical (unpaired) electrons. The summed E-state index contributed by atoms with van der Waals surface area (Å²) in [7, 11) is 1.70. The van der Waals surface area contributed by atoms with Gasteiger partial charge in [-0.15, -0.1) is 0 Å². The third kappa shape index (κ3) is 4.03. The maximum Gasteiger partial charge on any atom is 0.123 e. The van der Waals surface area contributed by atoms with Crippen molar-refractivity contribution in [2.45, 2.75) is 25.3 Å². The number of likely N-dealkylation sites (tertiary alicyclic amines) is 1. The number of H-pyrrole nitrogens is 1. The summed E-state index contributed by atoms with van der Waals surface area (Å²) in [4.78, 5) is 2.47. The molecule has 140 valence electrons. The van der Waals surface area contributed by atoms with Gasteiger partial charge in [0.2, 0.25) is 0 Å². The summed E-state index contributed by atoms with van der Waals surface area (Å²) in [5.41, 5.74) is 4.24. The molecule has 0 bridgehead atoms. The van der Waals surface area contributed by atoms with Crippen LogP contribution in [0.1, 0.15) is 30.0 Å². The lowest BCUT2D eigenvalue weighted by Crippen LogP contribution is -2.34. The molecular formula is C22H24FN3O. The lowest BCUT2D eigenvalue weighted by Gasteiger charge is -2.32. The fourth-order valence-corrected chi connectivity index (χ4v) is 3.96. The van der Waals surface area contributed by atoms with Gasteiger partial charge in [-0.25, -0.2) is 4.39 Å². The van der Waals surface area contributed by atoms with Crippen molar-refractivity contribution < 1.29 is 9.13 Å². The minimum atomic E-state index is -0.219. The van der Waals surface area contributed by atoms with Gasteiger partial charge in [0, 0.05) is 30.3 Å². The smallest absolute Gasteiger partial charge is 0.123 e. The van der Waals surface area contributed by atoms with Gasteiger partial charge >= 0.3 is 0 Å². The van der Waals surface area contributed by atoms with Gasteiger partial charge in [0.1, 0.15) is 11.6 Å². The maximum absolute atomic E-state index is 13.7. The number of benzene rings is 2. The summed E-state index contributed by atoms with van der Waals surface area (Å²) in [5.74, 6) is 1.04. The number of methoxy groups -OCH3 is 1. The Morgan fingerprint density at radius 3 is 2.96 bits per heavy atom. The Kier molecular flexibility index (Phi) is 5.21.